The molecule has 2 atom stereocenters. The maximum atomic E-state index is 12.9. The molecular weight excluding hydrogens is 280 g/mol. The Morgan fingerprint density at radius 1 is 1.24 bits per heavy atom. The number of aromatic nitrogens is 1. The first-order valence-electron chi connectivity index (χ1n) is 7.51. The molecule has 0 aromatic carbocycles. The summed E-state index contributed by atoms with van der Waals surface area (Å²) >= 11 is 1.59. The Balaban J connectivity index is 2.57. The molecule has 2 N–H and O–H groups in total. The molecule has 0 saturated heterocycles. The molecule has 0 aliphatic rings. The summed E-state index contributed by atoms with van der Waals surface area (Å²) in [4.78, 5) is 13.9. The lowest BCUT2D eigenvalue weighted by Gasteiger charge is -2.23. The van der Waals surface area contributed by atoms with Crippen LogP contribution in [0.5, 0.6) is 0 Å². The van der Waals surface area contributed by atoms with Crippen molar-refractivity contribution in [1.82, 2.24) is 4.57 Å². The second-order valence-electron chi connectivity index (χ2n) is 5.79. The predicted molar refractivity (Wildman–Crippen MR) is 90.1 cm³/mol. The first kappa shape index (κ1) is 16.0. The molecule has 2 heterocycles. The van der Waals surface area contributed by atoms with Gasteiger partial charge < -0.3 is 10.3 Å². The van der Waals surface area contributed by atoms with Crippen LogP contribution in [0.1, 0.15) is 68.3 Å². The smallest absolute Gasteiger partial charge is 0.256 e. The molecule has 2 unspecified atom stereocenters. The minimum absolute atomic E-state index is 0.0523. The number of thiophene rings is 1. The average molecular weight is 304 g/mol. The first-order chi connectivity index (χ1) is 9.97. The van der Waals surface area contributed by atoms with Crippen molar-refractivity contribution in [3.8, 4) is 0 Å². The van der Waals surface area contributed by atoms with Crippen LogP contribution in [0.15, 0.2) is 34.4 Å². The van der Waals surface area contributed by atoms with Crippen molar-refractivity contribution >= 4 is 11.3 Å². The predicted octanol–water partition coefficient (Wildman–Crippen LogP) is 4.05. The number of nitrogens with two attached hydrogens (primary N) is 1. The highest BCUT2D eigenvalue weighted by atomic mass is 32.1. The fourth-order valence-electron chi connectivity index (χ4n) is 2.55. The Bertz CT molecular complexity index is 643. The normalized spacial score (nSPS) is 14.4. The Morgan fingerprint density at radius 2 is 1.95 bits per heavy atom. The maximum absolute atomic E-state index is 12.9. The molecule has 0 amide bonds. The monoisotopic (exact) mass is 304 g/mol. The van der Waals surface area contributed by atoms with Crippen LogP contribution in [0.25, 0.3) is 0 Å². The van der Waals surface area contributed by atoms with Crippen LogP contribution in [0.2, 0.25) is 0 Å². The molecule has 0 aliphatic heterocycles. The van der Waals surface area contributed by atoms with E-state index in [0.717, 1.165) is 17.0 Å². The summed E-state index contributed by atoms with van der Waals surface area (Å²) in [5, 5.41) is 1.99. The molecular formula is C17H24N2OS. The Labute approximate surface area is 130 Å². The standard InChI is InChI=1S/C17H24N2OS/c1-5-12(4)19-14(11(2)3)9-8-13(17(19)20)16(18)15-7-6-10-21-15/h6-12,16H,5,18H2,1-4H3. The van der Waals surface area contributed by atoms with Crippen molar-refractivity contribution < 1.29 is 0 Å². The highest BCUT2D eigenvalue weighted by molar-refractivity contribution is 7.10. The first-order valence-corrected chi connectivity index (χ1v) is 8.39. The van der Waals surface area contributed by atoms with Gasteiger partial charge in [-0.25, -0.2) is 0 Å². The van der Waals surface area contributed by atoms with Crippen LogP contribution in [0.4, 0.5) is 0 Å². The molecule has 2 aromatic rings. The summed E-state index contributed by atoms with van der Waals surface area (Å²) in [6.45, 7) is 8.43. The second-order valence-corrected chi connectivity index (χ2v) is 6.77. The Morgan fingerprint density at radius 3 is 2.48 bits per heavy atom. The van der Waals surface area contributed by atoms with Gasteiger partial charge in [0, 0.05) is 22.2 Å². The summed E-state index contributed by atoms with van der Waals surface area (Å²) in [6, 6.07) is 7.76. The average Bonchev–Trinajstić information content (AvgIpc) is 2.99. The van der Waals surface area contributed by atoms with Crippen LogP contribution < -0.4 is 11.3 Å². The molecule has 114 valence electrons. The fourth-order valence-corrected chi connectivity index (χ4v) is 3.29. The van der Waals surface area contributed by atoms with E-state index in [1.807, 2.05) is 28.1 Å². The third kappa shape index (κ3) is 3.11. The van der Waals surface area contributed by atoms with Gasteiger partial charge >= 0.3 is 0 Å². The molecule has 0 saturated carbocycles. The minimum atomic E-state index is -0.339. The highest BCUT2D eigenvalue weighted by Crippen LogP contribution is 2.24. The van der Waals surface area contributed by atoms with Crippen molar-refractivity contribution in [3.63, 3.8) is 0 Å². The van der Waals surface area contributed by atoms with E-state index in [9.17, 15) is 4.79 Å². The zero-order valence-corrected chi connectivity index (χ0v) is 14.0. The second kappa shape index (κ2) is 6.58. The van der Waals surface area contributed by atoms with E-state index in [1.165, 1.54) is 0 Å². The van der Waals surface area contributed by atoms with Crippen LogP contribution >= 0.6 is 11.3 Å². The summed E-state index contributed by atoms with van der Waals surface area (Å²) in [5.74, 6) is 0.318. The number of hydrogen-bond donors (Lipinski definition) is 1. The van der Waals surface area contributed by atoms with Gasteiger partial charge in [0.2, 0.25) is 0 Å². The van der Waals surface area contributed by atoms with Gasteiger partial charge in [-0.3, -0.25) is 4.79 Å². The van der Waals surface area contributed by atoms with Crippen molar-refractivity contribution in [2.75, 3.05) is 0 Å². The van der Waals surface area contributed by atoms with Crippen molar-refractivity contribution in [1.29, 1.82) is 0 Å². The van der Waals surface area contributed by atoms with Crippen molar-refractivity contribution in [2.45, 2.75) is 52.1 Å². The van der Waals surface area contributed by atoms with Gasteiger partial charge in [0.1, 0.15) is 0 Å². The summed E-state index contributed by atoms with van der Waals surface area (Å²) < 4.78 is 1.92. The molecule has 0 radical (unpaired) electrons. The van der Waals surface area contributed by atoms with Crippen molar-refractivity contribution in [3.05, 3.63) is 56.1 Å². The third-order valence-electron chi connectivity index (χ3n) is 3.99. The molecule has 0 aliphatic carbocycles. The van der Waals surface area contributed by atoms with Crippen LogP contribution in [-0.4, -0.2) is 4.57 Å². The molecule has 0 fully saturated rings. The van der Waals surface area contributed by atoms with Gasteiger partial charge in [-0.05, 0) is 42.8 Å². The largest absolute Gasteiger partial charge is 0.319 e. The zero-order valence-electron chi connectivity index (χ0n) is 13.2. The lowest BCUT2D eigenvalue weighted by atomic mass is 10.0. The minimum Gasteiger partial charge on any atom is -0.319 e. The zero-order chi connectivity index (χ0) is 15.6. The summed E-state index contributed by atoms with van der Waals surface area (Å²) in [7, 11) is 0. The van der Waals surface area contributed by atoms with Gasteiger partial charge in [0.15, 0.2) is 0 Å². The maximum Gasteiger partial charge on any atom is 0.256 e. The quantitative estimate of drug-likeness (QED) is 0.905. The number of rotatable bonds is 5. The van der Waals surface area contributed by atoms with Gasteiger partial charge in [0.25, 0.3) is 5.56 Å². The third-order valence-corrected chi connectivity index (χ3v) is 4.94. The van der Waals surface area contributed by atoms with Gasteiger partial charge in [-0.1, -0.05) is 26.8 Å². The molecule has 21 heavy (non-hydrogen) atoms. The van der Waals surface area contributed by atoms with E-state index >= 15 is 0 Å². The molecule has 0 bridgehead atoms. The molecule has 2 aromatic heterocycles. The number of pyridine rings is 1. The van der Waals surface area contributed by atoms with Crippen LogP contribution in [-0.2, 0) is 0 Å². The highest BCUT2D eigenvalue weighted by Gasteiger charge is 2.20. The van der Waals surface area contributed by atoms with Gasteiger partial charge in [0.05, 0.1) is 6.04 Å². The Kier molecular flexibility index (Phi) is 5.01. The van der Waals surface area contributed by atoms with E-state index in [4.69, 9.17) is 5.73 Å². The molecule has 2 rings (SSSR count). The molecule has 0 spiro atoms. The van der Waals surface area contributed by atoms with Gasteiger partial charge in [-0.2, -0.15) is 0 Å². The van der Waals surface area contributed by atoms with E-state index in [1.54, 1.807) is 11.3 Å². The SMILES string of the molecule is CCC(C)n1c(C(C)C)ccc(C(N)c2cccs2)c1=O. The molecule has 3 nitrogen and oxygen atoms in total. The van der Waals surface area contributed by atoms with E-state index < -0.39 is 0 Å². The van der Waals surface area contributed by atoms with Gasteiger partial charge in [-0.15, -0.1) is 11.3 Å². The van der Waals surface area contributed by atoms with Crippen LogP contribution in [0.3, 0.4) is 0 Å². The Hall–Kier alpha value is -1.39. The number of hydrogen-bond acceptors (Lipinski definition) is 3. The molecule has 4 heteroatoms. The fraction of sp³-hybridized carbons (Fsp3) is 0.471. The van der Waals surface area contributed by atoms with E-state index in [0.29, 0.717) is 11.5 Å². The summed E-state index contributed by atoms with van der Waals surface area (Å²) in [5.41, 5.74) is 8.11. The van der Waals surface area contributed by atoms with Crippen LogP contribution in [0, 0.1) is 0 Å². The van der Waals surface area contributed by atoms with E-state index in [2.05, 4.69) is 33.8 Å². The topological polar surface area (TPSA) is 48.0 Å². The summed E-state index contributed by atoms with van der Waals surface area (Å²) in [6.07, 6.45) is 0.928. The number of nitrogens with zero attached hydrogens (tertiary/aromatic N) is 1. The lowest BCUT2D eigenvalue weighted by Crippen LogP contribution is -2.32. The lowest BCUT2D eigenvalue weighted by molar-refractivity contribution is 0.479. The van der Waals surface area contributed by atoms with Crippen molar-refractivity contribution in [2.24, 2.45) is 5.73 Å². The van der Waals surface area contributed by atoms with E-state index in [-0.39, 0.29) is 17.6 Å².